The Bertz CT molecular complexity index is 782. The largest absolute Gasteiger partial charge is 0.449 e. The van der Waals surface area contributed by atoms with Crippen LogP contribution in [-0.4, -0.2) is 18.0 Å². The first-order chi connectivity index (χ1) is 11.4. The predicted molar refractivity (Wildman–Crippen MR) is 98.5 cm³/mol. The molecule has 2 rings (SSSR count). The summed E-state index contributed by atoms with van der Waals surface area (Å²) >= 11 is 7.59. The second-order valence-corrected chi connectivity index (χ2v) is 6.99. The molecule has 0 spiro atoms. The number of rotatable bonds is 5. The lowest BCUT2D eigenvalue weighted by molar-refractivity contribution is -0.148. The molecule has 1 heterocycles. The third-order valence-corrected chi connectivity index (χ3v) is 4.71. The van der Waals surface area contributed by atoms with Gasteiger partial charge >= 0.3 is 5.97 Å². The number of benzene rings is 1. The zero-order valence-electron chi connectivity index (χ0n) is 13.6. The summed E-state index contributed by atoms with van der Waals surface area (Å²) in [5.74, 6) is -0.972. The Morgan fingerprint density at radius 2 is 2.00 bits per heavy atom. The summed E-state index contributed by atoms with van der Waals surface area (Å²) in [4.78, 5) is 26.1. The van der Waals surface area contributed by atoms with Crippen molar-refractivity contribution < 1.29 is 14.3 Å². The molecule has 1 aromatic carbocycles. The van der Waals surface area contributed by atoms with Gasteiger partial charge in [0, 0.05) is 26.5 Å². The Hall–Kier alpha value is -2.11. The van der Waals surface area contributed by atoms with Gasteiger partial charge < -0.3 is 10.1 Å². The summed E-state index contributed by atoms with van der Waals surface area (Å²) < 4.78 is 5.12. The molecule has 0 saturated heterocycles. The standard InChI is InChI=1S/C18H18ClNO3S/c1-11-7-8-14(24-11)9-10-17(21)23-13(3)18(22)20-16-6-4-5-15(19)12(16)2/h4-10,13H,1-3H3,(H,20,22)/b10-9+/t13-/m1/s1. The number of thiophene rings is 1. The highest BCUT2D eigenvalue weighted by Gasteiger charge is 2.17. The van der Waals surface area contributed by atoms with Gasteiger partial charge in [-0.2, -0.15) is 0 Å². The summed E-state index contributed by atoms with van der Waals surface area (Å²) in [6.07, 6.45) is 2.08. The molecule has 0 radical (unpaired) electrons. The van der Waals surface area contributed by atoms with Gasteiger partial charge in [-0.1, -0.05) is 17.7 Å². The molecular weight excluding hydrogens is 346 g/mol. The number of anilines is 1. The maximum Gasteiger partial charge on any atom is 0.331 e. The molecule has 24 heavy (non-hydrogen) atoms. The number of nitrogens with one attached hydrogen (secondary N) is 1. The highest BCUT2D eigenvalue weighted by molar-refractivity contribution is 7.12. The van der Waals surface area contributed by atoms with Crippen molar-refractivity contribution in [3.05, 3.63) is 56.7 Å². The lowest BCUT2D eigenvalue weighted by Crippen LogP contribution is -2.29. The third kappa shape index (κ3) is 4.94. The minimum atomic E-state index is -0.911. The normalized spacial score (nSPS) is 12.2. The number of hydrogen-bond acceptors (Lipinski definition) is 4. The number of halogens is 1. The molecule has 0 fully saturated rings. The second-order valence-electron chi connectivity index (χ2n) is 5.26. The predicted octanol–water partition coefficient (Wildman–Crippen LogP) is 4.60. The molecule has 0 aliphatic rings. The molecule has 0 unspecified atom stereocenters. The molecule has 0 aliphatic carbocycles. The van der Waals surface area contributed by atoms with E-state index >= 15 is 0 Å². The quantitative estimate of drug-likeness (QED) is 0.623. The van der Waals surface area contributed by atoms with Crippen LogP contribution in [0.5, 0.6) is 0 Å². The molecule has 0 aliphatic heterocycles. The van der Waals surface area contributed by atoms with Gasteiger partial charge in [0.05, 0.1) is 0 Å². The van der Waals surface area contributed by atoms with Crippen LogP contribution < -0.4 is 5.32 Å². The summed E-state index contributed by atoms with van der Waals surface area (Å²) in [5.41, 5.74) is 1.36. The van der Waals surface area contributed by atoms with Crippen LogP contribution in [0.25, 0.3) is 6.08 Å². The summed E-state index contributed by atoms with van der Waals surface area (Å²) in [6, 6.07) is 9.12. The van der Waals surface area contributed by atoms with Crippen molar-refractivity contribution in [1.82, 2.24) is 0 Å². The van der Waals surface area contributed by atoms with E-state index in [-0.39, 0.29) is 0 Å². The number of amides is 1. The van der Waals surface area contributed by atoms with Crippen LogP contribution >= 0.6 is 22.9 Å². The molecule has 2 aromatic rings. The molecule has 0 saturated carbocycles. The first-order valence-corrected chi connectivity index (χ1v) is 8.57. The van der Waals surface area contributed by atoms with E-state index in [2.05, 4.69) is 5.32 Å². The number of hydrogen-bond donors (Lipinski definition) is 1. The van der Waals surface area contributed by atoms with E-state index in [1.807, 2.05) is 19.1 Å². The van der Waals surface area contributed by atoms with Crippen molar-refractivity contribution in [2.75, 3.05) is 5.32 Å². The Morgan fingerprint density at radius 1 is 1.25 bits per heavy atom. The van der Waals surface area contributed by atoms with Crippen LogP contribution in [0.3, 0.4) is 0 Å². The number of carbonyl (C=O) groups excluding carboxylic acids is 2. The smallest absolute Gasteiger partial charge is 0.331 e. The van der Waals surface area contributed by atoms with Crippen molar-refractivity contribution in [3.63, 3.8) is 0 Å². The average Bonchev–Trinajstić information content (AvgIpc) is 2.95. The van der Waals surface area contributed by atoms with Crippen LogP contribution in [0.2, 0.25) is 5.02 Å². The van der Waals surface area contributed by atoms with Gasteiger partial charge in [-0.05, 0) is 56.7 Å². The van der Waals surface area contributed by atoms with Crippen molar-refractivity contribution in [2.24, 2.45) is 0 Å². The van der Waals surface area contributed by atoms with E-state index in [1.165, 1.54) is 13.0 Å². The van der Waals surface area contributed by atoms with E-state index < -0.39 is 18.0 Å². The van der Waals surface area contributed by atoms with E-state index in [9.17, 15) is 9.59 Å². The lowest BCUT2D eigenvalue weighted by Gasteiger charge is -2.14. The van der Waals surface area contributed by atoms with Gasteiger partial charge in [-0.25, -0.2) is 4.79 Å². The highest BCUT2D eigenvalue weighted by atomic mass is 35.5. The second kappa shape index (κ2) is 8.13. The fourth-order valence-corrected chi connectivity index (χ4v) is 2.89. The monoisotopic (exact) mass is 363 g/mol. The van der Waals surface area contributed by atoms with Crippen LogP contribution in [0, 0.1) is 13.8 Å². The van der Waals surface area contributed by atoms with Crippen LogP contribution in [0.15, 0.2) is 36.4 Å². The average molecular weight is 364 g/mol. The van der Waals surface area contributed by atoms with Gasteiger partial charge in [0.1, 0.15) is 0 Å². The molecule has 1 atom stereocenters. The van der Waals surface area contributed by atoms with E-state index in [0.29, 0.717) is 10.7 Å². The molecule has 4 nitrogen and oxygen atoms in total. The lowest BCUT2D eigenvalue weighted by atomic mass is 10.2. The molecule has 1 aromatic heterocycles. The Kier molecular flexibility index (Phi) is 6.17. The van der Waals surface area contributed by atoms with Crippen LogP contribution in [0.4, 0.5) is 5.69 Å². The van der Waals surface area contributed by atoms with Gasteiger partial charge in [0.25, 0.3) is 5.91 Å². The van der Waals surface area contributed by atoms with Gasteiger partial charge in [0.2, 0.25) is 0 Å². The van der Waals surface area contributed by atoms with E-state index in [0.717, 1.165) is 15.3 Å². The van der Waals surface area contributed by atoms with E-state index in [4.69, 9.17) is 16.3 Å². The van der Waals surface area contributed by atoms with E-state index in [1.54, 1.807) is 42.5 Å². The molecule has 126 valence electrons. The highest BCUT2D eigenvalue weighted by Crippen LogP contribution is 2.23. The molecule has 1 amide bonds. The van der Waals surface area contributed by atoms with Crippen molar-refractivity contribution >= 4 is 46.6 Å². The van der Waals surface area contributed by atoms with Crippen LogP contribution in [0.1, 0.15) is 22.2 Å². The fourth-order valence-electron chi connectivity index (χ4n) is 1.94. The Balaban J connectivity index is 1.92. The fraction of sp³-hybridized carbons (Fsp3) is 0.222. The van der Waals surface area contributed by atoms with Crippen molar-refractivity contribution in [3.8, 4) is 0 Å². The van der Waals surface area contributed by atoms with Gasteiger partial charge in [-0.15, -0.1) is 11.3 Å². The van der Waals surface area contributed by atoms with Crippen molar-refractivity contribution in [2.45, 2.75) is 26.9 Å². The SMILES string of the molecule is Cc1ccc(/C=C/C(=O)O[C@H](C)C(=O)Nc2cccc(Cl)c2C)s1. The molecule has 1 N–H and O–H groups in total. The van der Waals surface area contributed by atoms with Gasteiger partial charge in [-0.3, -0.25) is 4.79 Å². The number of carbonyl (C=O) groups is 2. The minimum absolute atomic E-state index is 0.408. The maximum atomic E-state index is 12.1. The number of ether oxygens (including phenoxy) is 1. The van der Waals surface area contributed by atoms with Crippen LogP contribution in [-0.2, 0) is 14.3 Å². The zero-order valence-corrected chi connectivity index (χ0v) is 15.2. The first kappa shape index (κ1) is 18.2. The summed E-state index contributed by atoms with van der Waals surface area (Å²) in [5, 5.41) is 3.27. The minimum Gasteiger partial charge on any atom is -0.449 e. The van der Waals surface area contributed by atoms with Crippen molar-refractivity contribution in [1.29, 1.82) is 0 Å². The third-order valence-electron chi connectivity index (χ3n) is 3.33. The number of esters is 1. The summed E-state index contributed by atoms with van der Waals surface area (Å²) in [7, 11) is 0. The molecular formula is C18H18ClNO3S. The molecule has 6 heteroatoms. The zero-order chi connectivity index (χ0) is 17.7. The first-order valence-electron chi connectivity index (χ1n) is 7.38. The Labute approximate surface area is 150 Å². The summed E-state index contributed by atoms with van der Waals surface area (Å²) in [6.45, 7) is 5.32. The Morgan fingerprint density at radius 3 is 2.67 bits per heavy atom. The maximum absolute atomic E-state index is 12.1. The van der Waals surface area contributed by atoms with Gasteiger partial charge in [0.15, 0.2) is 6.10 Å². The topological polar surface area (TPSA) is 55.4 Å². The molecule has 0 bridgehead atoms. The number of aryl methyl sites for hydroxylation is 1.